The van der Waals surface area contributed by atoms with E-state index in [0.29, 0.717) is 5.69 Å². The van der Waals surface area contributed by atoms with E-state index in [9.17, 15) is 22.8 Å². The van der Waals surface area contributed by atoms with E-state index < -0.39 is 35.0 Å². The fourth-order valence-corrected chi connectivity index (χ4v) is 2.67. The van der Waals surface area contributed by atoms with Gasteiger partial charge in [-0.1, -0.05) is 12.1 Å². The predicted molar refractivity (Wildman–Crippen MR) is 81.0 cm³/mol. The van der Waals surface area contributed by atoms with Crippen molar-refractivity contribution in [1.29, 1.82) is 0 Å². The number of carbonyl (C=O) groups excluding carboxylic acids is 2. The van der Waals surface area contributed by atoms with Crippen LogP contribution in [0.25, 0.3) is 0 Å². The van der Waals surface area contributed by atoms with Gasteiger partial charge in [0.1, 0.15) is 23.0 Å². The van der Waals surface area contributed by atoms with Crippen LogP contribution >= 0.6 is 0 Å². The lowest BCUT2D eigenvalue weighted by Crippen LogP contribution is -2.38. The number of nitrogens with zero attached hydrogens (tertiary/aromatic N) is 1. The Balaban J connectivity index is 1.74. The molecular formula is C17H13F3N2O2. The van der Waals surface area contributed by atoms with Gasteiger partial charge in [-0.15, -0.1) is 0 Å². The standard InChI is InChI=1S/C17H13F3N2O2/c18-10-3-1-4-12(7-10)22-9-11(8-15(22)23)21-17(24)16-13(19)5-2-6-14(16)20/h1-7,11H,8-9H2,(H,21,24)/t11-/m0/s1. The molecule has 2 aromatic carbocycles. The predicted octanol–water partition coefficient (Wildman–Crippen LogP) is 2.64. The minimum Gasteiger partial charge on any atom is -0.347 e. The van der Waals surface area contributed by atoms with Crippen LogP contribution in [-0.2, 0) is 4.79 Å². The summed E-state index contributed by atoms with van der Waals surface area (Å²) in [6.45, 7) is 0.101. The van der Waals surface area contributed by atoms with E-state index in [0.717, 1.165) is 18.2 Å². The Morgan fingerprint density at radius 3 is 2.42 bits per heavy atom. The van der Waals surface area contributed by atoms with Gasteiger partial charge in [0.15, 0.2) is 0 Å². The van der Waals surface area contributed by atoms with Gasteiger partial charge in [0.05, 0.1) is 6.04 Å². The fourth-order valence-electron chi connectivity index (χ4n) is 2.67. The van der Waals surface area contributed by atoms with Crippen molar-refractivity contribution in [3.05, 3.63) is 65.5 Å². The average molecular weight is 334 g/mol. The summed E-state index contributed by atoms with van der Waals surface area (Å²) in [6.07, 6.45) is -0.0294. The minimum atomic E-state index is -0.973. The van der Waals surface area contributed by atoms with Crippen LogP contribution in [0.5, 0.6) is 0 Å². The summed E-state index contributed by atoms with van der Waals surface area (Å²) in [6, 6.07) is 8.01. The van der Waals surface area contributed by atoms with Gasteiger partial charge in [0.2, 0.25) is 5.91 Å². The molecule has 24 heavy (non-hydrogen) atoms. The van der Waals surface area contributed by atoms with Gasteiger partial charge < -0.3 is 10.2 Å². The van der Waals surface area contributed by atoms with Crippen LogP contribution in [0.15, 0.2) is 42.5 Å². The molecule has 1 atom stereocenters. The molecule has 1 aliphatic heterocycles. The normalized spacial score (nSPS) is 17.2. The summed E-state index contributed by atoms with van der Waals surface area (Å²) < 4.78 is 40.5. The van der Waals surface area contributed by atoms with Gasteiger partial charge >= 0.3 is 0 Å². The van der Waals surface area contributed by atoms with Crippen LogP contribution in [0.4, 0.5) is 18.9 Å². The van der Waals surface area contributed by atoms with E-state index in [2.05, 4.69) is 5.32 Å². The van der Waals surface area contributed by atoms with Crippen LogP contribution < -0.4 is 10.2 Å². The van der Waals surface area contributed by atoms with Gasteiger partial charge in [0, 0.05) is 18.7 Å². The Morgan fingerprint density at radius 1 is 1.08 bits per heavy atom. The third-order valence-corrected chi connectivity index (χ3v) is 3.77. The largest absolute Gasteiger partial charge is 0.347 e. The zero-order chi connectivity index (χ0) is 17.3. The minimum absolute atomic E-state index is 0.0294. The number of amides is 2. The second-order valence-corrected chi connectivity index (χ2v) is 5.46. The number of carbonyl (C=O) groups is 2. The van der Waals surface area contributed by atoms with E-state index in [1.54, 1.807) is 6.07 Å². The molecule has 0 aromatic heterocycles. The van der Waals surface area contributed by atoms with E-state index in [1.807, 2.05) is 0 Å². The van der Waals surface area contributed by atoms with Crippen molar-refractivity contribution >= 4 is 17.5 Å². The maximum atomic E-state index is 13.6. The van der Waals surface area contributed by atoms with E-state index in [4.69, 9.17) is 0 Å². The monoisotopic (exact) mass is 334 g/mol. The maximum absolute atomic E-state index is 13.6. The van der Waals surface area contributed by atoms with E-state index in [-0.39, 0.29) is 18.9 Å². The number of rotatable bonds is 3. The molecule has 0 aliphatic carbocycles. The van der Waals surface area contributed by atoms with Crippen LogP contribution in [0.2, 0.25) is 0 Å². The molecular weight excluding hydrogens is 321 g/mol. The second kappa shape index (κ2) is 6.35. The summed E-state index contributed by atoms with van der Waals surface area (Å²) in [5.74, 6) is -3.66. The fraction of sp³-hybridized carbons (Fsp3) is 0.176. The number of benzene rings is 2. The lowest BCUT2D eigenvalue weighted by Gasteiger charge is -2.17. The number of anilines is 1. The second-order valence-electron chi connectivity index (χ2n) is 5.46. The molecule has 3 rings (SSSR count). The molecule has 1 heterocycles. The molecule has 1 fully saturated rings. The van der Waals surface area contributed by atoms with Crippen molar-refractivity contribution in [2.75, 3.05) is 11.4 Å². The number of halogens is 3. The van der Waals surface area contributed by atoms with Crippen molar-refractivity contribution < 1.29 is 22.8 Å². The topological polar surface area (TPSA) is 49.4 Å². The molecule has 0 saturated carbocycles. The van der Waals surface area contributed by atoms with E-state index >= 15 is 0 Å². The van der Waals surface area contributed by atoms with Gasteiger partial charge in [-0.3, -0.25) is 9.59 Å². The molecule has 7 heteroatoms. The molecule has 0 spiro atoms. The van der Waals surface area contributed by atoms with Crippen molar-refractivity contribution in [2.45, 2.75) is 12.5 Å². The van der Waals surface area contributed by atoms with Gasteiger partial charge in [-0.25, -0.2) is 13.2 Å². The average Bonchev–Trinajstić information content (AvgIpc) is 2.87. The Kier molecular flexibility index (Phi) is 4.24. The Bertz CT molecular complexity index is 790. The molecule has 0 radical (unpaired) electrons. The van der Waals surface area contributed by atoms with Gasteiger partial charge in [0.25, 0.3) is 5.91 Å². The number of hydrogen-bond acceptors (Lipinski definition) is 2. The van der Waals surface area contributed by atoms with Crippen molar-refractivity contribution in [2.24, 2.45) is 0 Å². The maximum Gasteiger partial charge on any atom is 0.257 e. The summed E-state index contributed by atoms with van der Waals surface area (Å²) in [4.78, 5) is 25.4. The summed E-state index contributed by atoms with van der Waals surface area (Å²) in [5.41, 5.74) is -0.317. The van der Waals surface area contributed by atoms with Crippen LogP contribution in [0.1, 0.15) is 16.8 Å². The molecule has 0 unspecified atom stereocenters. The first-order chi connectivity index (χ1) is 11.5. The Labute approximate surface area is 135 Å². The first-order valence-corrected chi connectivity index (χ1v) is 7.26. The zero-order valence-corrected chi connectivity index (χ0v) is 12.4. The third kappa shape index (κ3) is 3.10. The Hall–Kier alpha value is -2.83. The molecule has 1 saturated heterocycles. The first-order valence-electron chi connectivity index (χ1n) is 7.26. The molecule has 2 amide bonds. The van der Waals surface area contributed by atoms with Crippen molar-refractivity contribution in [3.63, 3.8) is 0 Å². The Morgan fingerprint density at radius 2 is 1.75 bits per heavy atom. The third-order valence-electron chi connectivity index (χ3n) is 3.77. The molecule has 124 valence electrons. The van der Waals surface area contributed by atoms with E-state index in [1.165, 1.54) is 23.1 Å². The van der Waals surface area contributed by atoms with Crippen LogP contribution in [0, 0.1) is 17.5 Å². The van der Waals surface area contributed by atoms with Crippen molar-refractivity contribution in [1.82, 2.24) is 5.32 Å². The summed E-state index contributed by atoms with van der Waals surface area (Å²) in [7, 11) is 0. The number of hydrogen-bond donors (Lipinski definition) is 1. The molecule has 1 N–H and O–H groups in total. The summed E-state index contributed by atoms with van der Waals surface area (Å²) in [5, 5.41) is 2.45. The highest BCUT2D eigenvalue weighted by Gasteiger charge is 2.32. The zero-order valence-electron chi connectivity index (χ0n) is 12.4. The highest BCUT2D eigenvalue weighted by Crippen LogP contribution is 2.23. The lowest BCUT2D eigenvalue weighted by molar-refractivity contribution is -0.117. The highest BCUT2D eigenvalue weighted by atomic mass is 19.1. The van der Waals surface area contributed by atoms with Crippen LogP contribution in [-0.4, -0.2) is 24.4 Å². The smallest absolute Gasteiger partial charge is 0.257 e. The van der Waals surface area contributed by atoms with Gasteiger partial charge in [-0.2, -0.15) is 0 Å². The lowest BCUT2D eigenvalue weighted by atomic mass is 10.1. The SMILES string of the molecule is O=C(N[C@H]1CC(=O)N(c2cccc(F)c2)C1)c1c(F)cccc1F. The summed E-state index contributed by atoms with van der Waals surface area (Å²) >= 11 is 0. The quantitative estimate of drug-likeness (QED) is 0.938. The molecule has 2 aromatic rings. The first kappa shape index (κ1) is 16.0. The van der Waals surface area contributed by atoms with Crippen LogP contribution in [0.3, 0.4) is 0 Å². The molecule has 4 nitrogen and oxygen atoms in total. The number of nitrogens with one attached hydrogen (secondary N) is 1. The van der Waals surface area contributed by atoms with Gasteiger partial charge in [-0.05, 0) is 30.3 Å². The highest BCUT2D eigenvalue weighted by molar-refractivity contribution is 5.99. The molecule has 0 bridgehead atoms. The van der Waals surface area contributed by atoms with Crippen molar-refractivity contribution in [3.8, 4) is 0 Å². The molecule has 1 aliphatic rings.